The van der Waals surface area contributed by atoms with E-state index in [0.29, 0.717) is 17.5 Å². The molecule has 0 bridgehead atoms. The molecule has 0 aliphatic rings. The van der Waals surface area contributed by atoms with Crippen molar-refractivity contribution >= 4 is 29.4 Å². The van der Waals surface area contributed by atoms with Crippen molar-refractivity contribution < 1.29 is 14.8 Å². The SMILES string of the molecule is CCc1c(C#N)c(SC(C(N)=O)c2ccccc2)nc(N(C)CC(=O)NO)c1C#N. The lowest BCUT2D eigenvalue weighted by Gasteiger charge is -2.22. The van der Waals surface area contributed by atoms with Crippen molar-refractivity contribution in [2.75, 3.05) is 18.5 Å². The van der Waals surface area contributed by atoms with Gasteiger partial charge in [-0.3, -0.25) is 14.8 Å². The molecule has 1 aromatic carbocycles. The van der Waals surface area contributed by atoms with E-state index in [0.717, 1.165) is 11.8 Å². The fraction of sp³-hybridized carbons (Fsp3) is 0.250. The molecule has 2 rings (SSSR count). The number of nitrogens with zero attached hydrogens (tertiary/aromatic N) is 4. The number of rotatable bonds is 8. The number of carbonyl (C=O) groups excluding carboxylic acids is 2. The first-order chi connectivity index (χ1) is 14.4. The maximum atomic E-state index is 12.1. The summed E-state index contributed by atoms with van der Waals surface area (Å²) < 4.78 is 0. The van der Waals surface area contributed by atoms with Crippen LogP contribution >= 0.6 is 11.8 Å². The largest absolute Gasteiger partial charge is 0.368 e. The van der Waals surface area contributed by atoms with Crippen LogP contribution in [-0.4, -0.2) is 35.6 Å². The number of primary amides is 1. The van der Waals surface area contributed by atoms with Crippen LogP contribution in [0.4, 0.5) is 5.82 Å². The number of benzene rings is 1. The lowest BCUT2D eigenvalue weighted by atomic mass is 10.0. The third kappa shape index (κ3) is 4.87. The molecule has 4 N–H and O–H groups in total. The second kappa shape index (κ2) is 10.3. The van der Waals surface area contributed by atoms with Gasteiger partial charge in [0.05, 0.1) is 11.1 Å². The summed E-state index contributed by atoms with van der Waals surface area (Å²) in [6.07, 6.45) is 0.363. The molecule has 1 unspecified atom stereocenters. The standard InChI is InChI=1S/C20H20N6O3S/c1-3-13-14(9-21)19(26(2)11-16(27)25-29)24-20(15(13)10-22)30-17(18(23)28)12-7-5-4-6-8-12/h4-8,17,29H,3,11H2,1-2H3,(H2,23,28)(H,25,27). The van der Waals surface area contributed by atoms with Gasteiger partial charge in [0.25, 0.3) is 5.91 Å². The third-order valence-corrected chi connectivity index (χ3v) is 5.54. The summed E-state index contributed by atoms with van der Waals surface area (Å²) in [5.74, 6) is -1.14. The number of anilines is 1. The Kier molecular flexibility index (Phi) is 7.76. The van der Waals surface area contributed by atoms with Crippen LogP contribution in [0.15, 0.2) is 35.4 Å². The van der Waals surface area contributed by atoms with Gasteiger partial charge in [-0.1, -0.05) is 49.0 Å². The highest BCUT2D eigenvalue weighted by molar-refractivity contribution is 8.00. The zero-order chi connectivity index (χ0) is 22.3. The highest BCUT2D eigenvalue weighted by atomic mass is 32.2. The number of hydrogen-bond donors (Lipinski definition) is 3. The summed E-state index contributed by atoms with van der Waals surface area (Å²) in [5, 5.41) is 27.6. The molecule has 10 heteroatoms. The maximum Gasteiger partial charge on any atom is 0.262 e. The van der Waals surface area contributed by atoms with Gasteiger partial charge in [0.2, 0.25) is 5.91 Å². The van der Waals surface area contributed by atoms with E-state index in [1.54, 1.807) is 37.3 Å². The number of carbonyl (C=O) groups is 2. The van der Waals surface area contributed by atoms with Crippen molar-refractivity contribution in [2.24, 2.45) is 5.73 Å². The molecule has 0 fully saturated rings. The molecule has 1 atom stereocenters. The highest BCUT2D eigenvalue weighted by Gasteiger charge is 2.27. The Labute approximate surface area is 178 Å². The fourth-order valence-corrected chi connectivity index (χ4v) is 3.96. The summed E-state index contributed by atoms with van der Waals surface area (Å²) in [7, 11) is 1.53. The fourth-order valence-electron chi connectivity index (χ4n) is 2.90. The Morgan fingerprint density at radius 1 is 1.27 bits per heavy atom. The molecule has 2 aromatic rings. The molecule has 1 heterocycles. The molecule has 9 nitrogen and oxygen atoms in total. The maximum absolute atomic E-state index is 12.1. The Bertz CT molecular complexity index is 1030. The molecule has 154 valence electrons. The quantitative estimate of drug-likeness (QED) is 0.328. The Morgan fingerprint density at radius 2 is 1.90 bits per heavy atom. The van der Waals surface area contributed by atoms with Crippen LogP contribution in [0.25, 0.3) is 0 Å². The van der Waals surface area contributed by atoms with E-state index in [2.05, 4.69) is 11.1 Å². The molecular weight excluding hydrogens is 404 g/mol. The minimum Gasteiger partial charge on any atom is -0.368 e. The molecule has 0 radical (unpaired) electrons. The molecule has 30 heavy (non-hydrogen) atoms. The molecule has 0 spiro atoms. The number of likely N-dealkylation sites (N-methyl/N-ethyl adjacent to an activating group) is 1. The molecule has 0 aliphatic carbocycles. The lowest BCUT2D eigenvalue weighted by Crippen LogP contribution is -2.34. The number of pyridine rings is 1. The Morgan fingerprint density at radius 3 is 2.40 bits per heavy atom. The number of nitriles is 2. The van der Waals surface area contributed by atoms with E-state index < -0.39 is 17.1 Å². The van der Waals surface area contributed by atoms with Gasteiger partial charge in [0.15, 0.2) is 0 Å². The molecule has 0 saturated heterocycles. The number of hydroxylamine groups is 1. The van der Waals surface area contributed by atoms with Gasteiger partial charge in [0.1, 0.15) is 34.8 Å². The summed E-state index contributed by atoms with van der Waals surface area (Å²) in [5.41, 5.74) is 8.58. The molecule has 0 aliphatic heterocycles. The Hall–Kier alpha value is -3.60. The average molecular weight is 424 g/mol. The first-order valence-corrected chi connectivity index (χ1v) is 9.77. The predicted octanol–water partition coefficient (Wildman–Crippen LogP) is 1.65. The second-order valence-corrected chi connectivity index (χ2v) is 7.34. The number of aromatic nitrogens is 1. The van der Waals surface area contributed by atoms with Crippen LogP contribution in [-0.2, 0) is 16.0 Å². The van der Waals surface area contributed by atoms with Crippen LogP contribution in [0.5, 0.6) is 0 Å². The summed E-state index contributed by atoms with van der Waals surface area (Å²) >= 11 is 1.01. The topological polar surface area (TPSA) is 156 Å². The van der Waals surface area contributed by atoms with Gasteiger partial charge in [-0.15, -0.1) is 0 Å². The van der Waals surface area contributed by atoms with E-state index in [9.17, 15) is 20.1 Å². The van der Waals surface area contributed by atoms with E-state index in [-0.39, 0.29) is 28.5 Å². The van der Waals surface area contributed by atoms with Crippen molar-refractivity contribution in [3.63, 3.8) is 0 Å². The second-order valence-electron chi connectivity index (χ2n) is 6.25. The van der Waals surface area contributed by atoms with Gasteiger partial charge in [-0.2, -0.15) is 10.5 Å². The van der Waals surface area contributed by atoms with Crippen molar-refractivity contribution in [2.45, 2.75) is 23.6 Å². The third-order valence-electron chi connectivity index (χ3n) is 4.28. The van der Waals surface area contributed by atoms with Crippen molar-refractivity contribution in [3.8, 4) is 12.1 Å². The van der Waals surface area contributed by atoms with Crippen molar-refractivity contribution in [3.05, 3.63) is 52.6 Å². The summed E-state index contributed by atoms with van der Waals surface area (Å²) in [4.78, 5) is 29.5. The van der Waals surface area contributed by atoms with Gasteiger partial charge in [-0.05, 0) is 17.5 Å². The normalized spacial score (nSPS) is 11.1. The van der Waals surface area contributed by atoms with E-state index in [1.165, 1.54) is 17.4 Å². The first-order valence-electron chi connectivity index (χ1n) is 8.89. The highest BCUT2D eigenvalue weighted by Crippen LogP contribution is 2.39. The van der Waals surface area contributed by atoms with Gasteiger partial charge < -0.3 is 10.6 Å². The van der Waals surface area contributed by atoms with E-state index in [1.807, 2.05) is 6.07 Å². The van der Waals surface area contributed by atoms with Crippen molar-refractivity contribution in [1.29, 1.82) is 10.5 Å². The number of nitrogens with one attached hydrogen (secondary N) is 1. The van der Waals surface area contributed by atoms with Crippen LogP contribution in [0.2, 0.25) is 0 Å². The van der Waals surface area contributed by atoms with Crippen LogP contribution in [0.3, 0.4) is 0 Å². The average Bonchev–Trinajstić information content (AvgIpc) is 2.76. The summed E-state index contributed by atoms with van der Waals surface area (Å²) in [6, 6.07) is 13.0. The first kappa shape index (κ1) is 22.7. The smallest absolute Gasteiger partial charge is 0.262 e. The molecule has 2 amide bonds. The number of hydrogen-bond acceptors (Lipinski definition) is 8. The number of amides is 2. The molecular formula is C20H20N6O3S. The van der Waals surface area contributed by atoms with Gasteiger partial charge in [-0.25, -0.2) is 10.5 Å². The molecule has 0 saturated carbocycles. The summed E-state index contributed by atoms with van der Waals surface area (Å²) in [6.45, 7) is 1.52. The molecule has 1 aromatic heterocycles. The van der Waals surface area contributed by atoms with Crippen LogP contribution in [0, 0.1) is 22.7 Å². The van der Waals surface area contributed by atoms with Crippen molar-refractivity contribution in [1.82, 2.24) is 10.5 Å². The van der Waals surface area contributed by atoms with E-state index in [4.69, 9.17) is 10.9 Å². The minimum atomic E-state index is -0.803. The van der Waals surface area contributed by atoms with Gasteiger partial charge >= 0.3 is 0 Å². The lowest BCUT2D eigenvalue weighted by molar-refractivity contribution is -0.127. The zero-order valence-corrected chi connectivity index (χ0v) is 17.2. The number of thioether (sulfide) groups is 1. The number of nitrogens with two attached hydrogens (primary N) is 1. The van der Waals surface area contributed by atoms with E-state index >= 15 is 0 Å². The van der Waals surface area contributed by atoms with Gasteiger partial charge in [0, 0.05) is 7.05 Å². The zero-order valence-electron chi connectivity index (χ0n) is 16.4. The van der Waals surface area contributed by atoms with Crippen LogP contribution < -0.4 is 16.1 Å². The Balaban J connectivity index is 2.64. The minimum absolute atomic E-state index is 0.155. The predicted molar refractivity (Wildman–Crippen MR) is 110 cm³/mol. The van der Waals surface area contributed by atoms with Crippen LogP contribution in [0.1, 0.15) is 34.4 Å². The monoisotopic (exact) mass is 424 g/mol.